The predicted molar refractivity (Wildman–Crippen MR) is 87.3 cm³/mol. The van der Waals surface area contributed by atoms with Crippen LogP contribution in [0.3, 0.4) is 0 Å². The summed E-state index contributed by atoms with van der Waals surface area (Å²) in [5.41, 5.74) is 0.571. The van der Waals surface area contributed by atoms with Crippen LogP contribution in [0.4, 0.5) is 14.9 Å². The number of ether oxygens (including phenoxy) is 1. The highest BCUT2D eigenvalue weighted by Gasteiger charge is 2.38. The van der Waals surface area contributed by atoms with Crippen molar-refractivity contribution in [3.05, 3.63) is 30.1 Å². The second kappa shape index (κ2) is 7.07. The molecule has 2 heterocycles. The van der Waals surface area contributed by atoms with Crippen LogP contribution in [0, 0.1) is 5.82 Å². The molecule has 6 nitrogen and oxygen atoms in total. The van der Waals surface area contributed by atoms with Crippen molar-refractivity contribution in [1.82, 2.24) is 9.80 Å². The lowest BCUT2D eigenvalue weighted by molar-refractivity contribution is -0.135. The molecule has 0 aliphatic carbocycles. The second-order valence-corrected chi connectivity index (χ2v) is 6.09. The number of carbonyl (C=O) groups excluding carboxylic acids is 2. The van der Waals surface area contributed by atoms with Gasteiger partial charge in [-0.25, -0.2) is 9.18 Å². The molecule has 0 spiro atoms. The molecule has 0 radical (unpaired) electrons. The van der Waals surface area contributed by atoms with E-state index in [1.165, 1.54) is 18.1 Å². The molecule has 1 unspecified atom stereocenters. The van der Waals surface area contributed by atoms with Gasteiger partial charge >= 0.3 is 6.09 Å². The van der Waals surface area contributed by atoms with Crippen LogP contribution in [0.5, 0.6) is 0 Å². The van der Waals surface area contributed by atoms with Crippen molar-refractivity contribution >= 4 is 17.7 Å². The van der Waals surface area contributed by atoms with Crippen molar-refractivity contribution in [2.45, 2.75) is 18.9 Å². The fourth-order valence-electron chi connectivity index (χ4n) is 3.45. The number of methoxy groups -OCH3 is 1. The number of piperazine rings is 1. The van der Waals surface area contributed by atoms with E-state index in [4.69, 9.17) is 4.74 Å². The molecule has 2 aliphatic rings. The molecule has 0 N–H and O–H groups in total. The normalized spacial score (nSPS) is 21.1. The quantitative estimate of drug-likeness (QED) is 0.826. The van der Waals surface area contributed by atoms with Crippen LogP contribution in [-0.2, 0) is 9.53 Å². The van der Waals surface area contributed by atoms with Crippen LogP contribution < -0.4 is 4.90 Å². The number of anilines is 1. The summed E-state index contributed by atoms with van der Waals surface area (Å²) in [5, 5.41) is 0. The lowest BCUT2D eigenvalue weighted by atomic mass is 10.1. The van der Waals surface area contributed by atoms with E-state index in [9.17, 15) is 14.0 Å². The molecule has 1 aromatic carbocycles. The number of amides is 2. The molecule has 2 saturated heterocycles. The zero-order valence-corrected chi connectivity index (χ0v) is 13.8. The van der Waals surface area contributed by atoms with E-state index in [2.05, 4.69) is 0 Å². The number of halogens is 1. The first-order valence-electron chi connectivity index (χ1n) is 8.24. The number of para-hydroxylation sites is 1. The standard InChI is InChI=1S/C17H22FN3O3/c1-24-17(23)21-8-4-7-15(21)16(22)20-11-9-19(10-12-20)14-6-3-2-5-13(14)18/h2-3,5-6,15H,4,7-12H2,1H3. The average Bonchev–Trinajstić information content (AvgIpc) is 3.11. The van der Waals surface area contributed by atoms with Crippen LogP contribution in [0.25, 0.3) is 0 Å². The molecule has 0 saturated carbocycles. The van der Waals surface area contributed by atoms with Crippen LogP contribution in [0.1, 0.15) is 12.8 Å². The van der Waals surface area contributed by atoms with E-state index in [0.717, 1.165) is 6.42 Å². The van der Waals surface area contributed by atoms with E-state index in [0.29, 0.717) is 44.8 Å². The Morgan fingerprint density at radius 1 is 1.12 bits per heavy atom. The van der Waals surface area contributed by atoms with Gasteiger partial charge in [-0.2, -0.15) is 0 Å². The van der Waals surface area contributed by atoms with Gasteiger partial charge in [0.25, 0.3) is 0 Å². The third-order valence-corrected chi connectivity index (χ3v) is 4.73. The lowest BCUT2D eigenvalue weighted by Gasteiger charge is -2.38. The Bertz CT molecular complexity index is 617. The fourth-order valence-corrected chi connectivity index (χ4v) is 3.45. The molecule has 1 atom stereocenters. The van der Waals surface area contributed by atoms with E-state index < -0.39 is 12.1 Å². The van der Waals surface area contributed by atoms with Gasteiger partial charge in [-0.3, -0.25) is 9.69 Å². The summed E-state index contributed by atoms with van der Waals surface area (Å²) in [7, 11) is 1.33. The minimum absolute atomic E-state index is 0.0360. The zero-order chi connectivity index (χ0) is 17.1. The molecular formula is C17H22FN3O3. The smallest absolute Gasteiger partial charge is 0.410 e. The average molecular weight is 335 g/mol. The Balaban J connectivity index is 1.61. The summed E-state index contributed by atoms with van der Waals surface area (Å²) in [6, 6.07) is 6.24. The number of likely N-dealkylation sites (tertiary alicyclic amines) is 1. The van der Waals surface area contributed by atoms with Crippen molar-refractivity contribution in [2.24, 2.45) is 0 Å². The first-order chi connectivity index (χ1) is 11.6. The van der Waals surface area contributed by atoms with Crippen molar-refractivity contribution in [2.75, 3.05) is 44.7 Å². The molecule has 2 amide bonds. The number of benzene rings is 1. The van der Waals surface area contributed by atoms with Crippen molar-refractivity contribution in [1.29, 1.82) is 0 Å². The summed E-state index contributed by atoms with van der Waals surface area (Å²) in [4.78, 5) is 29.7. The fraction of sp³-hybridized carbons (Fsp3) is 0.529. The lowest BCUT2D eigenvalue weighted by Crippen LogP contribution is -2.54. The number of hydrogen-bond acceptors (Lipinski definition) is 4. The molecule has 0 bridgehead atoms. The van der Waals surface area contributed by atoms with Crippen molar-refractivity contribution in [3.63, 3.8) is 0 Å². The maximum atomic E-state index is 13.9. The number of carbonyl (C=O) groups is 2. The Labute approximate surface area is 140 Å². The van der Waals surface area contributed by atoms with Gasteiger partial charge in [0.15, 0.2) is 0 Å². The molecular weight excluding hydrogens is 313 g/mol. The van der Waals surface area contributed by atoms with Gasteiger partial charge in [0.1, 0.15) is 11.9 Å². The largest absolute Gasteiger partial charge is 0.453 e. The van der Waals surface area contributed by atoms with Gasteiger partial charge in [-0.05, 0) is 25.0 Å². The first-order valence-corrected chi connectivity index (χ1v) is 8.24. The van der Waals surface area contributed by atoms with Gasteiger partial charge in [-0.15, -0.1) is 0 Å². The van der Waals surface area contributed by atoms with E-state index in [-0.39, 0.29) is 11.7 Å². The third-order valence-electron chi connectivity index (χ3n) is 4.73. The van der Waals surface area contributed by atoms with Gasteiger partial charge in [0.05, 0.1) is 12.8 Å². The Hall–Kier alpha value is -2.31. The number of rotatable bonds is 2. The summed E-state index contributed by atoms with van der Waals surface area (Å²) in [6.07, 6.45) is 1.03. The summed E-state index contributed by atoms with van der Waals surface area (Å²) in [5.74, 6) is -0.281. The molecule has 2 fully saturated rings. The molecule has 130 valence electrons. The Kier molecular flexibility index (Phi) is 4.87. The van der Waals surface area contributed by atoms with E-state index >= 15 is 0 Å². The van der Waals surface area contributed by atoms with Crippen LogP contribution in [-0.4, -0.2) is 67.7 Å². The SMILES string of the molecule is COC(=O)N1CCCC1C(=O)N1CCN(c2ccccc2F)CC1. The number of nitrogens with zero attached hydrogens (tertiary/aromatic N) is 3. The predicted octanol–water partition coefficient (Wildman–Crippen LogP) is 1.71. The molecule has 1 aromatic rings. The molecule has 7 heteroatoms. The van der Waals surface area contributed by atoms with Crippen LogP contribution in [0.2, 0.25) is 0 Å². The van der Waals surface area contributed by atoms with Crippen LogP contribution >= 0.6 is 0 Å². The molecule has 3 rings (SSSR count). The van der Waals surface area contributed by atoms with E-state index in [1.54, 1.807) is 17.0 Å². The monoisotopic (exact) mass is 335 g/mol. The Morgan fingerprint density at radius 2 is 1.83 bits per heavy atom. The third kappa shape index (κ3) is 3.16. The summed E-state index contributed by atoms with van der Waals surface area (Å²) in [6.45, 7) is 2.77. The highest BCUT2D eigenvalue weighted by molar-refractivity contribution is 5.86. The molecule has 2 aliphatic heterocycles. The van der Waals surface area contributed by atoms with Crippen LogP contribution in [0.15, 0.2) is 24.3 Å². The topological polar surface area (TPSA) is 53.1 Å². The van der Waals surface area contributed by atoms with Crippen molar-refractivity contribution in [3.8, 4) is 0 Å². The maximum absolute atomic E-state index is 13.9. The van der Waals surface area contributed by atoms with Gasteiger partial charge in [0.2, 0.25) is 5.91 Å². The highest BCUT2D eigenvalue weighted by Crippen LogP contribution is 2.23. The van der Waals surface area contributed by atoms with Crippen molar-refractivity contribution < 1.29 is 18.7 Å². The minimum atomic E-state index is -0.448. The summed E-state index contributed by atoms with van der Waals surface area (Å²) < 4.78 is 18.6. The van der Waals surface area contributed by atoms with E-state index in [1.807, 2.05) is 11.0 Å². The zero-order valence-electron chi connectivity index (χ0n) is 13.8. The Morgan fingerprint density at radius 3 is 2.50 bits per heavy atom. The van der Waals surface area contributed by atoms with Gasteiger partial charge in [-0.1, -0.05) is 12.1 Å². The molecule has 0 aromatic heterocycles. The first kappa shape index (κ1) is 16.5. The minimum Gasteiger partial charge on any atom is -0.453 e. The second-order valence-electron chi connectivity index (χ2n) is 6.09. The highest BCUT2D eigenvalue weighted by atomic mass is 19.1. The molecule has 24 heavy (non-hydrogen) atoms. The van der Waals surface area contributed by atoms with Gasteiger partial charge in [0, 0.05) is 32.7 Å². The number of hydrogen-bond donors (Lipinski definition) is 0. The summed E-state index contributed by atoms with van der Waals surface area (Å²) >= 11 is 0. The van der Waals surface area contributed by atoms with Gasteiger partial charge < -0.3 is 14.5 Å². The maximum Gasteiger partial charge on any atom is 0.410 e.